The lowest BCUT2D eigenvalue weighted by molar-refractivity contribution is -0.144. The highest BCUT2D eigenvalue weighted by Gasteiger charge is 2.25. The Morgan fingerprint density at radius 2 is 2.05 bits per heavy atom. The first-order valence-electron chi connectivity index (χ1n) is 7.35. The van der Waals surface area contributed by atoms with Crippen LogP contribution < -0.4 is 14.8 Å². The number of nitrogens with one attached hydrogen (secondary N) is 1. The molecule has 1 aromatic carbocycles. The van der Waals surface area contributed by atoms with Gasteiger partial charge in [0.1, 0.15) is 6.10 Å². The molecule has 0 spiro atoms. The summed E-state index contributed by atoms with van der Waals surface area (Å²) in [7, 11) is 5.00. The van der Waals surface area contributed by atoms with E-state index in [1.165, 1.54) is 0 Å². The number of ether oxygens (including phenoxy) is 3. The van der Waals surface area contributed by atoms with Gasteiger partial charge in [0.2, 0.25) is 0 Å². The summed E-state index contributed by atoms with van der Waals surface area (Å²) in [6.07, 6.45) is -0.404. The number of aryl methyl sites for hydroxylation is 1. The predicted molar refractivity (Wildman–Crippen MR) is 83.4 cm³/mol. The highest BCUT2D eigenvalue weighted by molar-refractivity contribution is 5.81. The second-order valence-corrected chi connectivity index (χ2v) is 5.39. The van der Waals surface area contributed by atoms with Gasteiger partial charge in [0, 0.05) is 26.7 Å². The van der Waals surface area contributed by atoms with Crippen LogP contribution in [0.4, 0.5) is 0 Å². The van der Waals surface area contributed by atoms with Crippen molar-refractivity contribution in [2.45, 2.75) is 19.6 Å². The maximum Gasteiger partial charge on any atom is 0.253 e. The molecule has 1 saturated heterocycles. The maximum atomic E-state index is 12.4. The zero-order valence-electron chi connectivity index (χ0n) is 13.6. The van der Waals surface area contributed by atoms with E-state index in [9.17, 15) is 4.79 Å². The number of rotatable bonds is 5. The zero-order valence-corrected chi connectivity index (χ0v) is 13.6. The molecule has 0 saturated carbocycles. The van der Waals surface area contributed by atoms with E-state index in [4.69, 9.17) is 14.2 Å². The molecule has 0 aromatic heterocycles. The van der Waals surface area contributed by atoms with Gasteiger partial charge in [-0.3, -0.25) is 4.79 Å². The lowest BCUT2D eigenvalue weighted by Crippen LogP contribution is -2.48. The van der Waals surface area contributed by atoms with E-state index in [1.54, 1.807) is 26.2 Å². The van der Waals surface area contributed by atoms with Crippen molar-refractivity contribution >= 4 is 5.91 Å². The van der Waals surface area contributed by atoms with Crippen LogP contribution in [0.25, 0.3) is 0 Å². The Bertz CT molecular complexity index is 527. The van der Waals surface area contributed by atoms with E-state index in [0.717, 1.165) is 17.7 Å². The van der Waals surface area contributed by atoms with Crippen molar-refractivity contribution in [2.75, 3.05) is 41.0 Å². The topological polar surface area (TPSA) is 60.0 Å². The van der Waals surface area contributed by atoms with Crippen molar-refractivity contribution in [3.8, 4) is 11.5 Å². The highest BCUT2D eigenvalue weighted by atomic mass is 16.5. The van der Waals surface area contributed by atoms with Crippen molar-refractivity contribution in [3.63, 3.8) is 0 Å². The minimum Gasteiger partial charge on any atom is -0.493 e. The van der Waals surface area contributed by atoms with Crippen LogP contribution in [-0.4, -0.2) is 57.9 Å². The summed E-state index contributed by atoms with van der Waals surface area (Å²) in [5, 5.41) is 3.17. The van der Waals surface area contributed by atoms with Gasteiger partial charge in [-0.05, 0) is 30.2 Å². The molecule has 1 atom stereocenters. The summed E-state index contributed by atoms with van der Waals surface area (Å²) < 4.78 is 16.1. The largest absolute Gasteiger partial charge is 0.493 e. The van der Waals surface area contributed by atoms with Gasteiger partial charge in [-0.15, -0.1) is 0 Å². The van der Waals surface area contributed by atoms with Gasteiger partial charge in [-0.25, -0.2) is 0 Å². The Morgan fingerprint density at radius 3 is 2.64 bits per heavy atom. The second kappa shape index (κ2) is 7.47. The van der Waals surface area contributed by atoms with E-state index in [-0.39, 0.29) is 5.91 Å². The van der Waals surface area contributed by atoms with Gasteiger partial charge in [0.05, 0.1) is 20.8 Å². The van der Waals surface area contributed by atoms with Crippen LogP contribution in [0.15, 0.2) is 12.1 Å². The average Bonchev–Trinajstić information content (AvgIpc) is 2.56. The smallest absolute Gasteiger partial charge is 0.253 e. The van der Waals surface area contributed by atoms with Crippen LogP contribution in [0.1, 0.15) is 11.1 Å². The summed E-state index contributed by atoms with van der Waals surface area (Å²) in [6, 6.07) is 3.84. The predicted octanol–water partition coefficient (Wildman–Crippen LogP) is 0.959. The Kier molecular flexibility index (Phi) is 5.63. The quantitative estimate of drug-likeness (QED) is 0.878. The fraction of sp³-hybridized carbons (Fsp3) is 0.562. The van der Waals surface area contributed by atoms with Crippen LogP contribution >= 0.6 is 0 Å². The lowest BCUT2D eigenvalue weighted by Gasteiger charge is -2.27. The van der Waals surface area contributed by atoms with Crippen molar-refractivity contribution in [2.24, 2.45) is 0 Å². The van der Waals surface area contributed by atoms with Gasteiger partial charge < -0.3 is 24.4 Å². The maximum absolute atomic E-state index is 12.4. The van der Waals surface area contributed by atoms with Crippen LogP contribution in [0.2, 0.25) is 0 Å². The van der Waals surface area contributed by atoms with Crippen LogP contribution in [0, 0.1) is 6.92 Å². The van der Waals surface area contributed by atoms with Crippen molar-refractivity contribution in [1.82, 2.24) is 10.2 Å². The van der Waals surface area contributed by atoms with Crippen LogP contribution in [-0.2, 0) is 16.1 Å². The molecular formula is C16H24N2O4. The zero-order chi connectivity index (χ0) is 16.1. The number of benzene rings is 1. The number of carbonyl (C=O) groups excluding carboxylic acids is 1. The van der Waals surface area contributed by atoms with E-state index in [1.807, 2.05) is 19.1 Å². The van der Waals surface area contributed by atoms with E-state index in [0.29, 0.717) is 31.2 Å². The molecule has 1 aromatic rings. The fourth-order valence-electron chi connectivity index (χ4n) is 2.50. The van der Waals surface area contributed by atoms with Crippen LogP contribution in [0.3, 0.4) is 0 Å². The summed E-state index contributed by atoms with van der Waals surface area (Å²) in [6.45, 7) is 4.43. The average molecular weight is 308 g/mol. The van der Waals surface area contributed by atoms with E-state index < -0.39 is 6.10 Å². The molecule has 6 nitrogen and oxygen atoms in total. The van der Waals surface area contributed by atoms with Crippen molar-refractivity contribution < 1.29 is 19.0 Å². The Labute approximate surface area is 131 Å². The monoisotopic (exact) mass is 308 g/mol. The highest BCUT2D eigenvalue weighted by Crippen LogP contribution is 2.30. The van der Waals surface area contributed by atoms with E-state index >= 15 is 0 Å². The van der Waals surface area contributed by atoms with Gasteiger partial charge >= 0.3 is 0 Å². The standard InChI is InChI=1S/C16H24N2O4/c1-11-7-13(20-3)14(21-4)8-12(11)10-18(2)16(19)15-9-17-5-6-22-15/h7-8,15,17H,5-6,9-10H2,1-4H3/t15-/m1/s1. The molecule has 1 aliphatic heterocycles. The minimum atomic E-state index is -0.404. The molecule has 122 valence electrons. The number of morpholine rings is 1. The molecule has 0 bridgehead atoms. The number of hydrogen-bond acceptors (Lipinski definition) is 5. The van der Waals surface area contributed by atoms with Gasteiger partial charge in [0.15, 0.2) is 11.5 Å². The van der Waals surface area contributed by atoms with Gasteiger partial charge in [-0.2, -0.15) is 0 Å². The first-order chi connectivity index (χ1) is 10.6. The molecule has 1 amide bonds. The van der Waals surface area contributed by atoms with Crippen molar-refractivity contribution in [3.05, 3.63) is 23.3 Å². The second-order valence-electron chi connectivity index (χ2n) is 5.39. The first kappa shape index (κ1) is 16.6. The molecule has 0 radical (unpaired) electrons. The molecule has 1 N–H and O–H groups in total. The molecule has 2 rings (SSSR count). The third kappa shape index (κ3) is 3.69. The van der Waals surface area contributed by atoms with Crippen LogP contribution in [0.5, 0.6) is 11.5 Å². The number of carbonyl (C=O) groups is 1. The van der Waals surface area contributed by atoms with Gasteiger partial charge in [-0.1, -0.05) is 0 Å². The molecule has 1 fully saturated rings. The lowest BCUT2D eigenvalue weighted by atomic mass is 10.1. The number of methoxy groups -OCH3 is 2. The number of hydrogen-bond donors (Lipinski definition) is 1. The molecule has 0 unspecified atom stereocenters. The normalized spacial score (nSPS) is 17.9. The Morgan fingerprint density at radius 1 is 1.36 bits per heavy atom. The number of likely N-dealkylation sites (N-methyl/N-ethyl adjacent to an activating group) is 1. The summed E-state index contributed by atoms with van der Waals surface area (Å²) in [5.74, 6) is 1.35. The summed E-state index contributed by atoms with van der Waals surface area (Å²) >= 11 is 0. The first-order valence-corrected chi connectivity index (χ1v) is 7.35. The van der Waals surface area contributed by atoms with Crippen molar-refractivity contribution in [1.29, 1.82) is 0 Å². The molecule has 1 heterocycles. The fourth-order valence-corrected chi connectivity index (χ4v) is 2.50. The third-order valence-electron chi connectivity index (χ3n) is 3.83. The Hall–Kier alpha value is -1.79. The number of amides is 1. The molecule has 1 aliphatic rings. The molecule has 6 heteroatoms. The summed E-state index contributed by atoms with van der Waals surface area (Å²) in [5.41, 5.74) is 2.08. The minimum absolute atomic E-state index is 0.0126. The Balaban J connectivity index is 2.10. The SMILES string of the molecule is COc1cc(C)c(CN(C)C(=O)[C@H]2CNCCO2)cc1OC. The van der Waals surface area contributed by atoms with E-state index in [2.05, 4.69) is 5.32 Å². The molecule has 0 aliphatic carbocycles. The third-order valence-corrected chi connectivity index (χ3v) is 3.83. The summed E-state index contributed by atoms with van der Waals surface area (Å²) in [4.78, 5) is 14.1. The van der Waals surface area contributed by atoms with Gasteiger partial charge in [0.25, 0.3) is 5.91 Å². The molecule has 22 heavy (non-hydrogen) atoms. The molecular weight excluding hydrogens is 284 g/mol. The number of nitrogens with zero attached hydrogens (tertiary/aromatic N) is 1.